The third-order valence-corrected chi connectivity index (χ3v) is 3.70. The van der Waals surface area contributed by atoms with Gasteiger partial charge in [0.05, 0.1) is 6.20 Å². The van der Waals surface area contributed by atoms with E-state index in [0.29, 0.717) is 6.04 Å². The second-order valence-corrected chi connectivity index (χ2v) is 5.27. The van der Waals surface area contributed by atoms with Crippen LogP contribution in [0.4, 0.5) is 0 Å². The Hall–Kier alpha value is -0.910. The number of nitrogens with one attached hydrogen (secondary N) is 1. The SMILES string of the molecule is CC(NCCN1CCN(C)CC1)c1cnn(C)c1. The quantitative estimate of drug-likeness (QED) is 0.817. The van der Waals surface area contributed by atoms with E-state index in [4.69, 9.17) is 0 Å². The highest BCUT2D eigenvalue weighted by Gasteiger charge is 2.13. The number of aryl methyl sites for hydroxylation is 1. The Morgan fingerprint density at radius 2 is 2.00 bits per heavy atom. The predicted molar refractivity (Wildman–Crippen MR) is 73.6 cm³/mol. The normalized spacial score (nSPS) is 20.2. The molecule has 0 amide bonds. The second-order valence-electron chi connectivity index (χ2n) is 5.27. The molecule has 1 aromatic rings. The number of rotatable bonds is 5. The van der Waals surface area contributed by atoms with Gasteiger partial charge in [-0.05, 0) is 14.0 Å². The van der Waals surface area contributed by atoms with E-state index in [1.54, 1.807) is 0 Å². The van der Waals surface area contributed by atoms with Gasteiger partial charge in [-0.1, -0.05) is 0 Å². The molecule has 5 heteroatoms. The first-order chi connectivity index (χ1) is 8.65. The molecule has 1 aromatic heterocycles. The summed E-state index contributed by atoms with van der Waals surface area (Å²) >= 11 is 0. The number of likely N-dealkylation sites (N-methyl/N-ethyl adjacent to an activating group) is 1. The van der Waals surface area contributed by atoms with Crippen molar-refractivity contribution in [1.82, 2.24) is 24.9 Å². The molecule has 1 N–H and O–H groups in total. The maximum atomic E-state index is 4.20. The standard InChI is InChI=1S/C13H25N5/c1-12(13-10-15-17(3)11-13)14-4-5-18-8-6-16(2)7-9-18/h10-12,14H,4-9H2,1-3H3. The highest BCUT2D eigenvalue weighted by atomic mass is 15.3. The fraction of sp³-hybridized carbons (Fsp3) is 0.769. The zero-order chi connectivity index (χ0) is 13.0. The van der Waals surface area contributed by atoms with Crippen molar-refractivity contribution in [2.75, 3.05) is 46.3 Å². The minimum Gasteiger partial charge on any atom is -0.309 e. The summed E-state index contributed by atoms with van der Waals surface area (Å²) in [5, 5.41) is 7.77. The molecular weight excluding hydrogens is 226 g/mol. The number of aromatic nitrogens is 2. The lowest BCUT2D eigenvalue weighted by molar-refractivity contribution is 0.154. The second kappa shape index (κ2) is 6.31. The highest BCUT2D eigenvalue weighted by molar-refractivity contribution is 5.08. The van der Waals surface area contributed by atoms with Crippen molar-refractivity contribution in [3.05, 3.63) is 18.0 Å². The molecule has 1 saturated heterocycles. The Morgan fingerprint density at radius 1 is 1.28 bits per heavy atom. The molecule has 5 nitrogen and oxygen atoms in total. The van der Waals surface area contributed by atoms with Crippen LogP contribution in [0.2, 0.25) is 0 Å². The minimum absolute atomic E-state index is 0.381. The van der Waals surface area contributed by atoms with Crippen LogP contribution in [-0.4, -0.2) is 65.9 Å². The molecule has 0 saturated carbocycles. The van der Waals surface area contributed by atoms with Crippen molar-refractivity contribution in [2.45, 2.75) is 13.0 Å². The summed E-state index contributed by atoms with van der Waals surface area (Å²) in [7, 11) is 4.15. The minimum atomic E-state index is 0.381. The van der Waals surface area contributed by atoms with Crippen molar-refractivity contribution in [2.24, 2.45) is 7.05 Å². The van der Waals surface area contributed by atoms with Crippen molar-refractivity contribution >= 4 is 0 Å². The first-order valence-corrected chi connectivity index (χ1v) is 6.78. The molecule has 1 aliphatic heterocycles. The van der Waals surface area contributed by atoms with Crippen LogP contribution >= 0.6 is 0 Å². The maximum absolute atomic E-state index is 4.20. The molecule has 2 rings (SSSR count). The Balaban J connectivity index is 1.66. The Bertz CT molecular complexity index is 354. The van der Waals surface area contributed by atoms with Crippen LogP contribution in [0.3, 0.4) is 0 Å². The topological polar surface area (TPSA) is 36.3 Å². The van der Waals surface area contributed by atoms with Gasteiger partial charge in [0.2, 0.25) is 0 Å². The van der Waals surface area contributed by atoms with Crippen LogP contribution in [0.15, 0.2) is 12.4 Å². The van der Waals surface area contributed by atoms with Gasteiger partial charge < -0.3 is 10.2 Å². The molecule has 0 aliphatic carbocycles. The smallest absolute Gasteiger partial charge is 0.0537 e. The van der Waals surface area contributed by atoms with Crippen LogP contribution < -0.4 is 5.32 Å². The molecule has 18 heavy (non-hydrogen) atoms. The van der Waals surface area contributed by atoms with Gasteiger partial charge in [-0.15, -0.1) is 0 Å². The van der Waals surface area contributed by atoms with Gasteiger partial charge in [0.25, 0.3) is 0 Å². The summed E-state index contributed by atoms with van der Waals surface area (Å²) in [5.41, 5.74) is 1.26. The average molecular weight is 251 g/mol. The molecule has 102 valence electrons. The summed E-state index contributed by atoms with van der Waals surface area (Å²) in [6, 6.07) is 0.381. The van der Waals surface area contributed by atoms with E-state index in [0.717, 1.165) is 13.1 Å². The summed E-state index contributed by atoms with van der Waals surface area (Å²) in [6.07, 6.45) is 4.01. The van der Waals surface area contributed by atoms with E-state index < -0.39 is 0 Å². The molecule has 1 unspecified atom stereocenters. The third kappa shape index (κ3) is 3.80. The molecule has 0 radical (unpaired) electrons. The summed E-state index contributed by atoms with van der Waals surface area (Å²) < 4.78 is 1.86. The first-order valence-electron chi connectivity index (χ1n) is 6.78. The number of nitrogens with zero attached hydrogens (tertiary/aromatic N) is 4. The molecule has 1 atom stereocenters. The van der Waals surface area contributed by atoms with Crippen molar-refractivity contribution in [3.63, 3.8) is 0 Å². The van der Waals surface area contributed by atoms with E-state index in [2.05, 4.69) is 40.4 Å². The van der Waals surface area contributed by atoms with E-state index in [1.165, 1.54) is 31.7 Å². The van der Waals surface area contributed by atoms with Gasteiger partial charge in [-0.3, -0.25) is 9.58 Å². The summed E-state index contributed by atoms with van der Waals surface area (Å²) in [4.78, 5) is 4.92. The molecule has 0 spiro atoms. The van der Waals surface area contributed by atoms with Gasteiger partial charge in [-0.25, -0.2) is 0 Å². The highest BCUT2D eigenvalue weighted by Crippen LogP contribution is 2.09. The van der Waals surface area contributed by atoms with Crippen LogP contribution in [0.1, 0.15) is 18.5 Å². The molecule has 0 bridgehead atoms. The van der Waals surface area contributed by atoms with Crippen LogP contribution in [-0.2, 0) is 7.05 Å². The summed E-state index contributed by atoms with van der Waals surface area (Å²) in [5.74, 6) is 0. The van der Waals surface area contributed by atoms with Crippen molar-refractivity contribution < 1.29 is 0 Å². The van der Waals surface area contributed by atoms with Crippen molar-refractivity contribution in [1.29, 1.82) is 0 Å². The predicted octanol–water partition coefficient (Wildman–Crippen LogP) is 0.318. The molecule has 1 fully saturated rings. The first kappa shape index (κ1) is 13.5. The molecule has 1 aliphatic rings. The maximum Gasteiger partial charge on any atom is 0.0537 e. The van der Waals surface area contributed by atoms with Crippen LogP contribution in [0.25, 0.3) is 0 Å². The zero-order valence-electron chi connectivity index (χ0n) is 11.8. The lowest BCUT2D eigenvalue weighted by Gasteiger charge is -2.32. The van der Waals surface area contributed by atoms with Gasteiger partial charge in [0.15, 0.2) is 0 Å². The van der Waals surface area contributed by atoms with Crippen LogP contribution in [0.5, 0.6) is 0 Å². The van der Waals surface area contributed by atoms with Gasteiger partial charge in [0.1, 0.15) is 0 Å². The lowest BCUT2D eigenvalue weighted by atomic mass is 10.2. The van der Waals surface area contributed by atoms with Gasteiger partial charge in [-0.2, -0.15) is 5.10 Å². The monoisotopic (exact) mass is 251 g/mol. The Morgan fingerprint density at radius 3 is 2.61 bits per heavy atom. The van der Waals surface area contributed by atoms with E-state index >= 15 is 0 Å². The lowest BCUT2D eigenvalue weighted by Crippen LogP contribution is -2.46. The van der Waals surface area contributed by atoms with E-state index in [9.17, 15) is 0 Å². The van der Waals surface area contributed by atoms with E-state index in [-0.39, 0.29) is 0 Å². The number of piperazine rings is 1. The van der Waals surface area contributed by atoms with Crippen LogP contribution in [0, 0.1) is 0 Å². The Labute approximate surface area is 110 Å². The fourth-order valence-corrected chi connectivity index (χ4v) is 2.29. The summed E-state index contributed by atoms with van der Waals surface area (Å²) in [6.45, 7) is 9.15. The molecule has 0 aromatic carbocycles. The van der Waals surface area contributed by atoms with Gasteiger partial charge >= 0.3 is 0 Å². The van der Waals surface area contributed by atoms with Crippen molar-refractivity contribution in [3.8, 4) is 0 Å². The number of hydrogen-bond acceptors (Lipinski definition) is 4. The number of hydrogen-bond donors (Lipinski definition) is 1. The Kier molecular flexibility index (Phi) is 4.74. The fourth-order valence-electron chi connectivity index (χ4n) is 2.29. The zero-order valence-corrected chi connectivity index (χ0v) is 11.8. The molecular formula is C13H25N5. The largest absolute Gasteiger partial charge is 0.309 e. The van der Waals surface area contributed by atoms with Gasteiger partial charge in [0, 0.05) is 64.1 Å². The van der Waals surface area contributed by atoms with E-state index in [1.807, 2.05) is 17.9 Å². The average Bonchev–Trinajstić information content (AvgIpc) is 2.78. The molecule has 2 heterocycles. The third-order valence-electron chi connectivity index (χ3n) is 3.70.